The molecule has 0 fully saturated rings. The number of nitrogens with two attached hydrogens (primary N) is 1. The number of nitrogens with one attached hydrogen (secondary N) is 1. The number of hydrogen-bond acceptors (Lipinski definition) is 4. The highest BCUT2D eigenvalue weighted by Crippen LogP contribution is 2.25. The molecule has 5 heteroatoms. The van der Waals surface area contributed by atoms with Gasteiger partial charge in [-0.1, -0.05) is 12.1 Å². The van der Waals surface area contributed by atoms with Crippen LogP contribution in [0, 0.1) is 5.82 Å². The van der Waals surface area contributed by atoms with Gasteiger partial charge < -0.3 is 15.8 Å². The van der Waals surface area contributed by atoms with E-state index in [4.69, 9.17) is 10.5 Å². The van der Waals surface area contributed by atoms with Gasteiger partial charge in [-0.25, -0.2) is 9.18 Å². The summed E-state index contributed by atoms with van der Waals surface area (Å²) < 4.78 is 17.7. The van der Waals surface area contributed by atoms with Crippen molar-refractivity contribution in [2.75, 3.05) is 18.2 Å². The van der Waals surface area contributed by atoms with E-state index in [2.05, 4.69) is 5.32 Å². The number of carbonyl (C=O) groups excluding carboxylic acids is 1. The Balaban J connectivity index is 2.26. The van der Waals surface area contributed by atoms with E-state index in [0.717, 1.165) is 5.56 Å². The molecular weight excluding hydrogens is 271 g/mol. The summed E-state index contributed by atoms with van der Waals surface area (Å²) in [6, 6.07) is 11.1. The molecule has 0 aromatic heterocycles. The van der Waals surface area contributed by atoms with Crippen molar-refractivity contribution >= 4 is 17.3 Å². The Morgan fingerprint density at radius 2 is 1.90 bits per heavy atom. The lowest BCUT2D eigenvalue weighted by Crippen LogP contribution is -2.12. The molecule has 0 aliphatic carbocycles. The number of anilines is 2. The van der Waals surface area contributed by atoms with Crippen molar-refractivity contribution in [2.45, 2.75) is 13.0 Å². The molecule has 0 aliphatic rings. The smallest absolute Gasteiger partial charge is 0.340 e. The predicted octanol–water partition coefficient (Wildman–Crippen LogP) is 3.37. The van der Waals surface area contributed by atoms with Crippen LogP contribution in [-0.4, -0.2) is 13.1 Å². The first kappa shape index (κ1) is 14.8. The summed E-state index contributed by atoms with van der Waals surface area (Å²) in [4.78, 5) is 11.8. The molecular formula is C16H17FN2O2. The Kier molecular flexibility index (Phi) is 4.42. The van der Waals surface area contributed by atoms with Crippen molar-refractivity contribution in [2.24, 2.45) is 0 Å². The first-order chi connectivity index (χ1) is 10.0. The van der Waals surface area contributed by atoms with Crippen LogP contribution in [-0.2, 0) is 4.74 Å². The van der Waals surface area contributed by atoms with Gasteiger partial charge in [-0.3, -0.25) is 0 Å². The average Bonchev–Trinajstić information content (AvgIpc) is 2.48. The van der Waals surface area contributed by atoms with Crippen molar-refractivity contribution in [3.63, 3.8) is 0 Å². The number of esters is 1. The number of halogens is 1. The Morgan fingerprint density at radius 3 is 2.52 bits per heavy atom. The number of benzene rings is 2. The topological polar surface area (TPSA) is 64.3 Å². The fourth-order valence-corrected chi connectivity index (χ4v) is 2.03. The van der Waals surface area contributed by atoms with Crippen LogP contribution in [0.2, 0.25) is 0 Å². The van der Waals surface area contributed by atoms with Crippen LogP contribution in [0.1, 0.15) is 28.9 Å². The Morgan fingerprint density at radius 1 is 1.24 bits per heavy atom. The van der Waals surface area contributed by atoms with Crippen LogP contribution in [0.5, 0.6) is 0 Å². The Bertz CT molecular complexity index is 641. The van der Waals surface area contributed by atoms with Gasteiger partial charge in [0.1, 0.15) is 5.82 Å². The van der Waals surface area contributed by atoms with Crippen molar-refractivity contribution in [1.29, 1.82) is 0 Å². The zero-order valence-corrected chi connectivity index (χ0v) is 11.9. The second kappa shape index (κ2) is 6.26. The molecule has 1 unspecified atom stereocenters. The number of nitrogen functional groups attached to an aromatic ring is 1. The maximum atomic E-state index is 12.9. The van der Waals surface area contributed by atoms with Gasteiger partial charge in [0.2, 0.25) is 0 Å². The highest BCUT2D eigenvalue weighted by atomic mass is 19.1. The summed E-state index contributed by atoms with van der Waals surface area (Å²) in [6.45, 7) is 1.92. The number of rotatable bonds is 4. The van der Waals surface area contributed by atoms with E-state index in [1.807, 2.05) is 6.92 Å². The van der Waals surface area contributed by atoms with Crippen molar-refractivity contribution in [3.05, 3.63) is 59.4 Å². The minimum atomic E-state index is -0.462. The summed E-state index contributed by atoms with van der Waals surface area (Å²) in [7, 11) is 1.32. The molecule has 21 heavy (non-hydrogen) atoms. The molecule has 0 amide bonds. The molecule has 110 valence electrons. The zero-order valence-electron chi connectivity index (χ0n) is 11.9. The summed E-state index contributed by atoms with van der Waals surface area (Å²) in [5.74, 6) is -0.746. The van der Waals surface area contributed by atoms with E-state index in [9.17, 15) is 9.18 Å². The van der Waals surface area contributed by atoms with Gasteiger partial charge in [-0.05, 0) is 42.8 Å². The summed E-state index contributed by atoms with van der Waals surface area (Å²) in [5, 5.41) is 3.21. The molecule has 0 aliphatic heterocycles. The van der Waals surface area contributed by atoms with E-state index >= 15 is 0 Å². The van der Waals surface area contributed by atoms with E-state index < -0.39 is 5.97 Å². The molecule has 1 atom stereocenters. The second-order valence-corrected chi connectivity index (χ2v) is 4.71. The molecule has 2 aromatic carbocycles. The molecule has 4 nitrogen and oxygen atoms in total. The zero-order chi connectivity index (χ0) is 15.4. The summed E-state index contributed by atoms with van der Waals surface area (Å²) >= 11 is 0. The fraction of sp³-hybridized carbons (Fsp3) is 0.188. The normalized spacial score (nSPS) is 11.8. The van der Waals surface area contributed by atoms with E-state index in [1.54, 1.807) is 30.3 Å². The third-order valence-electron chi connectivity index (χ3n) is 3.19. The molecule has 0 saturated carbocycles. The van der Waals surface area contributed by atoms with Crippen LogP contribution >= 0.6 is 0 Å². The first-order valence-corrected chi connectivity index (χ1v) is 6.51. The lowest BCUT2D eigenvalue weighted by Gasteiger charge is -2.18. The summed E-state index contributed by atoms with van der Waals surface area (Å²) in [5.41, 5.74) is 8.08. The number of ether oxygens (including phenoxy) is 1. The van der Waals surface area contributed by atoms with Gasteiger partial charge >= 0.3 is 5.97 Å². The molecule has 2 aromatic rings. The van der Waals surface area contributed by atoms with E-state index in [0.29, 0.717) is 16.9 Å². The molecule has 0 heterocycles. The molecule has 0 saturated heterocycles. The van der Waals surface area contributed by atoms with Gasteiger partial charge in [-0.2, -0.15) is 0 Å². The van der Waals surface area contributed by atoms with Gasteiger partial charge in [-0.15, -0.1) is 0 Å². The number of hydrogen-bond donors (Lipinski definition) is 2. The predicted molar refractivity (Wildman–Crippen MR) is 80.6 cm³/mol. The quantitative estimate of drug-likeness (QED) is 0.669. The SMILES string of the molecule is COC(=O)c1cc(N)ccc1NC(C)c1ccc(F)cc1. The van der Waals surface area contributed by atoms with Crippen molar-refractivity contribution in [3.8, 4) is 0 Å². The lowest BCUT2D eigenvalue weighted by atomic mass is 10.1. The van der Waals surface area contributed by atoms with E-state index in [1.165, 1.54) is 19.2 Å². The van der Waals surface area contributed by atoms with Gasteiger partial charge in [0.15, 0.2) is 0 Å². The maximum absolute atomic E-state index is 12.9. The van der Waals surface area contributed by atoms with Gasteiger partial charge in [0.05, 0.1) is 12.7 Å². The minimum absolute atomic E-state index is 0.0994. The third kappa shape index (κ3) is 3.51. The largest absolute Gasteiger partial charge is 0.465 e. The summed E-state index contributed by atoms with van der Waals surface area (Å²) in [6.07, 6.45) is 0. The Hall–Kier alpha value is -2.56. The third-order valence-corrected chi connectivity index (χ3v) is 3.19. The van der Waals surface area contributed by atoms with Crippen molar-refractivity contribution in [1.82, 2.24) is 0 Å². The first-order valence-electron chi connectivity index (χ1n) is 6.51. The highest BCUT2D eigenvalue weighted by molar-refractivity contribution is 5.96. The highest BCUT2D eigenvalue weighted by Gasteiger charge is 2.14. The maximum Gasteiger partial charge on any atom is 0.340 e. The van der Waals surface area contributed by atoms with Gasteiger partial charge in [0, 0.05) is 17.4 Å². The number of methoxy groups -OCH3 is 1. The Labute approximate surface area is 122 Å². The molecule has 0 spiro atoms. The number of carbonyl (C=O) groups is 1. The minimum Gasteiger partial charge on any atom is -0.465 e. The lowest BCUT2D eigenvalue weighted by molar-refractivity contribution is 0.0602. The van der Waals surface area contributed by atoms with E-state index in [-0.39, 0.29) is 11.9 Å². The van der Waals surface area contributed by atoms with Crippen LogP contribution in [0.15, 0.2) is 42.5 Å². The van der Waals surface area contributed by atoms with Gasteiger partial charge in [0.25, 0.3) is 0 Å². The van der Waals surface area contributed by atoms with Crippen LogP contribution in [0.4, 0.5) is 15.8 Å². The molecule has 0 bridgehead atoms. The fourth-order valence-electron chi connectivity index (χ4n) is 2.03. The molecule has 2 rings (SSSR count). The average molecular weight is 288 g/mol. The monoisotopic (exact) mass is 288 g/mol. The molecule has 3 N–H and O–H groups in total. The van der Waals surface area contributed by atoms with Crippen LogP contribution < -0.4 is 11.1 Å². The van der Waals surface area contributed by atoms with Crippen molar-refractivity contribution < 1.29 is 13.9 Å². The van der Waals surface area contributed by atoms with Crippen LogP contribution in [0.3, 0.4) is 0 Å². The second-order valence-electron chi connectivity index (χ2n) is 4.71. The standard InChI is InChI=1S/C16H17FN2O2/c1-10(11-3-5-12(17)6-4-11)19-15-8-7-13(18)9-14(15)16(20)21-2/h3-10,19H,18H2,1-2H3. The molecule has 0 radical (unpaired) electrons. The van der Waals surface area contributed by atoms with Crippen LogP contribution in [0.25, 0.3) is 0 Å².